The molecule has 0 heterocycles. The average molecular weight is 524 g/mol. The normalized spacial score (nSPS) is 15.3. The number of sulfonamides is 1. The molecule has 1 fully saturated rings. The van der Waals surface area contributed by atoms with Gasteiger partial charge in [-0.25, -0.2) is 12.8 Å². The second kappa shape index (κ2) is 11.9. The third kappa shape index (κ3) is 7.41. The molecule has 2 amide bonds. The van der Waals surface area contributed by atoms with E-state index >= 15 is 0 Å². The van der Waals surface area contributed by atoms with Gasteiger partial charge >= 0.3 is 0 Å². The molecule has 0 radical (unpaired) electrons. The molecule has 1 N–H and O–H groups in total. The molecular weight excluding hydrogens is 493 g/mol. The van der Waals surface area contributed by atoms with Crippen LogP contribution in [-0.4, -0.2) is 50.0 Å². The molecule has 2 aromatic rings. The molecule has 2 aromatic carbocycles. The molecule has 3 rings (SSSR count). The van der Waals surface area contributed by atoms with Gasteiger partial charge in [-0.05, 0) is 44.0 Å². The van der Waals surface area contributed by atoms with Crippen LogP contribution >= 0.6 is 11.6 Å². The highest BCUT2D eigenvalue weighted by Gasteiger charge is 2.31. The van der Waals surface area contributed by atoms with Crippen molar-refractivity contribution in [1.82, 2.24) is 10.2 Å². The number of anilines is 1. The maximum Gasteiger partial charge on any atom is 0.244 e. The third-order valence-corrected chi connectivity index (χ3v) is 7.57. The highest BCUT2D eigenvalue weighted by molar-refractivity contribution is 7.92. The number of benzene rings is 2. The molecule has 0 bridgehead atoms. The van der Waals surface area contributed by atoms with E-state index in [2.05, 4.69) is 5.32 Å². The number of hydrogen-bond acceptors (Lipinski definition) is 4. The number of hydrogen-bond donors (Lipinski definition) is 1. The largest absolute Gasteiger partial charge is 0.352 e. The first kappa shape index (κ1) is 26.9. The van der Waals surface area contributed by atoms with Gasteiger partial charge in [0, 0.05) is 23.2 Å². The Morgan fingerprint density at radius 3 is 2.43 bits per heavy atom. The first-order valence-corrected chi connectivity index (χ1v) is 13.9. The zero-order chi connectivity index (χ0) is 25.6. The minimum atomic E-state index is -3.86. The summed E-state index contributed by atoms with van der Waals surface area (Å²) in [5.74, 6) is -1.50. The van der Waals surface area contributed by atoms with Gasteiger partial charge in [0.1, 0.15) is 18.4 Å². The summed E-state index contributed by atoms with van der Waals surface area (Å²) in [6, 6.07) is 11.2. The second-order valence-electron chi connectivity index (χ2n) is 8.88. The Morgan fingerprint density at radius 1 is 1.11 bits per heavy atom. The van der Waals surface area contributed by atoms with E-state index in [4.69, 9.17) is 11.6 Å². The highest BCUT2D eigenvalue weighted by Crippen LogP contribution is 2.23. The summed E-state index contributed by atoms with van der Waals surface area (Å²) in [7, 11) is -3.86. The van der Waals surface area contributed by atoms with Gasteiger partial charge in [-0.15, -0.1) is 0 Å². The molecule has 1 unspecified atom stereocenters. The van der Waals surface area contributed by atoms with Gasteiger partial charge in [0.15, 0.2) is 0 Å². The Bertz CT molecular complexity index is 1150. The minimum Gasteiger partial charge on any atom is -0.352 e. The van der Waals surface area contributed by atoms with E-state index in [1.165, 1.54) is 35.2 Å². The molecule has 1 aliphatic carbocycles. The Morgan fingerprint density at radius 2 is 1.80 bits per heavy atom. The van der Waals surface area contributed by atoms with Gasteiger partial charge in [-0.1, -0.05) is 55.1 Å². The molecule has 7 nitrogen and oxygen atoms in total. The van der Waals surface area contributed by atoms with Crippen LogP contribution in [0.4, 0.5) is 10.1 Å². The summed E-state index contributed by atoms with van der Waals surface area (Å²) in [4.78, 5) is 27.8. The van der Waals surface area contributed by atoms with E-state index in [0.717, 1.165) is 42.7 Å². The van der Waals surface area contributed by atoms with E-state index in [1.807, 2.05) is 0 Å². The summed E-state index contributed by atoms with van der Waals surface area (Å²) >= 11 is 6.04. The van der Waals surface area contributed by atoms with Crippen LogP contribution in [0.25, 0.3) is 0 Å². The number of carbonyl (C=O) groups is 2. The topological polar surface area (TPSA) is 86.8 Å². The van der Waals surface area contributed by atoms with Crippen molar-refractivity contribution in [3.8, 4) is 0 Å². The summed E-state index contributed by atoms with van der Waals surface area (Å²) in [5, 5.41) is 3.31. The summed E-state index contributed by atoms with van der Waals surface area (Å²) in [5.41, 5.74) is 0.449. The molecule has 0 aromatic heterocycles. The number of rotatable bonds is 9. The van der Waals surface area contributed by atoms with E-state index in [-0.39, 0.29) is 29.7 Å². The number of nitrogens with one attached hydrogen (secondary N) is 1. The smallest absolute Gasteiger partial charge is 0.244 e. The SMILES string of the molecule is CC(C(=O)NC1CCCCC1)N(Cc1ccccc1F)C(=O)CN(c1cccc(Cl)c1)S(C)(=O)=O. The van der Waals surface area contributed by atoms with Gasteiger partial charge in [0.25, 0.3) is 0 Å². The van der Waals surface area contributed by atoms with E-state index < -0.39 is 34.3 Å². The van der Waals surface area contributed by atoms with Gasteiger partial charge in [0.05, 0.1) is 11.9 Å². The molecular formula is C25H31ClFN3O4S. The Kier molecular flexibility index (Phi) is 9.13. The van der Waals surface area contributed by atoms with Gasteiger partial charge < -0.3 is 10.2 Å². The lowest BCUT2D eigenvalue weighted by Gasteiger charge is -2.33. The van der Waals surface area contributed by atoms with Crippen molar-refractivity contribution in [3.63, 3.8) is 0 Å². The van der Waals surface area contributed by atoms with Gasteiger partial charge in [0.2, 0.25) is 21.8 Å². The fourth-order valence-corrected chi connectivity index (χ4v) is 5.23. The van der Waals surface area contributed by atoms with Crippen molar-refractivity contribution in [2.45, 2.75) is 57.7 Å². The van der Waals surface area contributed by atoms with Crippen molar-refractivity contribution in [3.05, 3.63) is 64.9 Å². The maximum absolute atomic E-state index is 14.5. The van der Waals surface area contributed by atoms with E-state index in [9.17, 15) is 22.4 Å². The fourth-order valence-electron chi connectivity index (χ4n) is 4.21. The monoisotopic (exact) mass is 523 g/mol. The van der Waals surface area contributed by atoms with E-state index in [0.29, 0.717) is 5.02 Å². The molecule has 1 atom stereocenters. The lowest BCUT2D eigenvalue weighted by molar-refractivity contribution is -0.139. The lowest BCUT2D eigenvalue weighted by Crippen LogP contribution is -2.53. The fraction of sp³-hybridized carbons (Fsp3) is 0.440. The van der Waals surface area contributed by atoms with Crippen molar-refractivity contribution in [2.75, 3.05) is 17.1 Å². The maximum atomic E-state index is 14.5. The van der Waals surface area contributed by atoms with Crippen LogP contribution in [-0.2, 0) is 26.2 Å². The van der Waals surface area contributed by atoms with Crippen LogP contribution < -0.4 is 9.62 Å². The third-order valence-electron chi connectivity index (χ3n) is 6.19. The standard InChI is InChI=1S/C25H31ClFN3O4S/c1-18(25(32)28-21-11-4-3-5-12-21)29(16-19-9-6-7-14-23(19)27)24(31)17-30(35(2,33)34)22-13-8-10-20(26)15-22/h6-10,13-15,18,21H,3-5,11-12,16-17H2,1-2H3,(H,28,32). The number of carbonyl (C=O) groups excluding carboxylic acids is 2. The first-order chi connectivity index (χ1) is 16.6. The number of halogens is 2. The van der Waals surface area contributed by atoms with Crippen molar-refractivity contribution in [2.24, 2.45) is 0 Å². The molecule has 190 valence electrons. The van der Waals surface area contributed by atoms with Crippen LogP contribution in [0.5, 0.6) is 0 Å². The molecule has 1 aliphatic rings. The highest BCUT2D eigenvalue weighted by atomic mass is 35.5. The van der Waals surface area contributed by atoms with Crippen LogP contribution in [0.15, 0.2) is 48.5 Å². The minimum absolute atomic E-state index is 0.0306. The molecule has 35 heavy (non-hydrogen) atoms. The zero-order valence-electron chi connectivity index (χ0n) is 19.9. The first-order valence-electron chi connectivity index (χ1n) is 11.6. The molecule has 10 heteroatoms. The number of amides is 2. The van der Waals surface area contributed by atoms with Crippen LogP contribution in [0.3, 0.4) is 0 Å². The second-order valence-corrected chi connectivity index (χ2v) is 11.2. The Hall–Kier alpha value is -2.65. The Balaban J connectivity index is 1.88. The summed E-state index contributed by atoms with van der Waals surface area (Å²) < 4.78 is 40.5. The zero-order valence-corrected chi connectivity index (χ0v) is 21.5. The van der Waals surface area contributed by atoms with Gasteiger partial charge in [-0.3, -0.25) is 13.9 Å². The van der Waals surface area contributed by atoms with Crippen LogP contribution in [0.2, 0.25) is 5.02 Å². The van der Waals surface area contributed by atoms with Crippen LogP contribution in [0.1, 0.15) is 44.6 Å². The quantitative estimate of drug-likeness (QED) is 0.536. The lowest BCUT2D eigenvalue weighted by atomic mass is 9.95. The van der Waals surface area contributed by atoms with Crippen molar-refractivity contribution in [1.29, 1.82) is 0 Å². The summed E-state index contributed by atoms with van der Waals surface area (Å²) in [6.07, 6.45) is 5.92. The van der Waals surface area contributed by atoms with Crippen LogP contribution in [0, 0.1) is 5.82 Å². The van der Waals surface area contributed by atoms with Gasteiger partial charge in [-0.2, -0.15) is 0 Å². The predicted octanol–water partition coefficient (Wildman–Crippen LogP) is 4.11. The van der Waals surface area contributed by atoms with E-state index in [1.54, 1.807) is 25.1 Å². The Labute approximate surface area is 211 Å². The molecule has 0 aliphatic heterocycles. The molecule has 1 saturated carbocycles. The predicted molar refractivity (Wildman–Crippen MR) is 135 cm³/mol. The number of nitrogens with zero attached hydrogens (tertiary/aromatic N) is 2. The molecule has 0 spiro atoms. The average Bonchev–Trinajstić information content (AvgIpc) is 2.81. The van der Waals surface area contributed by atoms with Crippen molar-refractivity contribution >= 4 is 39.1 Å². The summed E-state index contributed by atoms with van der Waals surface area (Å²) in [6.45, 7) is 0.827. The van der Waals surface area contributed by atoms with Crippen molar-refractivity contribution < 1.29 is 22.4 Å². The molecule has 0 saturated heterocycles.